The number of Topliss-reactive ketones (excluding diaryl/α,β-unsaturated/α-hetero) is 1. The second kappa shape index (κ2) is 8.88. The molecule has 0 fully saturated rings. The van der Waals surface area contributed by atoms with Crippen LogP contribution >= 0.6 is 23.4 Å². The summed E-state index contributed by atoms with van der Waals surface area (Å²) in [5.74, 6) is 1.06. The summed E-state index contributed by atoms with van der Waals surface area (Å²) in [7, 11) is 3.06. The lowest BCUT2D eigenvalue weighted by molar-refractivity contribution is 0.102. The van der Waals surface area contributed by atoms with Crippen LogP contribution in [0.15, 0.2) is 46.3 Å². The van der Waals surface area contributed by atoms with E-state index in [-0.39, 0.29) is 23.1 Å². The van der Waals surface area contributed by atoms with E-state index in [0.29, 0.717) is 38.1 Å². The Morgan fingerprint density at radius 3 is 2.52 bits per heavy atom. The van der Waals surface area contributed by atoms with Crippen molar-refractivity contribution < 1.29 is 14.3 Å². The molecule has 0 saturated carbocycles. The van der Waals surface area contributed by atoms with Crippen molar-refractivity contribution in [1.29, 1.82) is 0 Å². The average molecular weight is 433 g/mol. The Hall–Kier alpha value is -2.51. The first-order valence-corrected chi connectivity index (χ1v) is 10.3. The first kappa shape index (κ1) is 21.2. The van der Waals surface area contributed by atoms with Gasteiger partial charge in [0.1, 0.15) is 0 Å². The van der Waals surface area contributed by atoms with E-state index >= 15 is 0 Å². The Kier molecular flexibility index (Phi) is 6.49. The fraction of sp³-hybridized carbons (Fsp3) is 0.286. The fourth-order valence-electron chi connectivity index (χ4n) is 2.93. The second-order valence-corrected chi connectivity index (χ2v) is 7.99. The quantitative estimate of drug-likeness (QED) is 0.308. The van der Waals surface area contributed by atoms with E-state index in [1.807, 2.05) is 13.8 Å². The van der Waals surface area contributed by atoms with Gasteiger partial charge in [0, 0.05) is 16.6 Å². The number of carbonyl (C=O) groups excluding carboxylic acids is 1. The van der Waals surface area contributed by atoms with Crippen LogP contribution in [0, 0.1) is 0 Å². The van der Waals surface area contributed by atoms with E-state index in [2.05, 4.69) is 4.98 Å². The predicted octanol–water partition coefficient (Wildman–Crippen LogP) is 4.62. The van der Waals surface area contributed by atoms with Crippen molar-refractivity contribution >= 4 is 40.0 Å². The first-order valence-electron chi connectivity index (χ1n) is 8.95. The molecule has 0 amide bonds. The summed E-state index contributed by atoms with van der Waals surface area (Å²) >= 11 is 7.28. The van der Waals surface area contributed by atoms with Crippen LogP contribution < -0.4 is 15.0 Å². The van der Waals surface area contributed by atoms with Gasteiger partial charge in [-0.2, -0.15) is 0 Å². The Morgan fingerprint density at radius 1 is 1.14 bits per heavy atom. The van der Waals surface area contributed by atoms with Gasteiger partial charge in [0.15, 0.2) is 22.4 Å². The van der Waals surface area contributed by atoms with Gasteiger partial charge in [-0.3, -0.25) is 14.2 Å². The zero-order valence-corrected chi connectivity index (χ0v) is 18.1. The number of nitrogens with zero attached hydrogens (tertiary/aromatic N) is 2. The molecule has 29 heavy (non-hydrogen) atoms. The molecule has 3 rings (SSSR count). The van der Waals surface area contributed by atoms with Gasteiger partial charge in [0.05, 0.1) is 30.9 Å². The van der Waals surface area contributed by atoms with Crippen molar-refractivity contribution in [3.8, 4) is 11.5 Å². The number of aromatic nitrogens is 2. The van der Waals surface area contributed by atoms with E-state index in [9.17, 15) is 9.59 Å². The zero-order chi connectivity index (χ0) is 21.1. The zero-order valence-electron chi connectivity index (χ0n) is 16.6. The number of thioether (sulfide) groups is 1. The molecule has 0 aliphatic carbocycles. The second-order valence-electron chi connectivity index (χ2n) is 6.61. The number of hydrogen-bond acceptors (Lipinski definition) is 6. The third kappa shape index (κ3) is 4.41. The van der Waals surface area contributed by atoms with Crippen LogP contribution in [0.5, 0.6) is 11.5 Å². The molecule has 152 valence electrons. The highest BCUT2D eigenvalue weighted by Gasteiger charge is 2.17. The van der Waals surface area contributed by atoms with Crippen LogP contribution in [-0.2, 0) is 0 Å². The smallest absolute Gasteiger partial charge is 0.262 e. The van der Waals surface area contributed by atoms with Gasteiger partial charge in [0.25, 0.3) is 5.56 Å². The monoisotopic (exact) mass is 432 g/mol. The third-order valence-corrected chi connectivity index (χ3v) is 5.57. The molecule has 1 aromatic heterocycles. The Labute approximate surface area is 177 Å². The molecule has 0 unspecified atom stereocenters. The fourth-order valence-corrected chi connectivity index (χ4v) is 4.12. The Morgan fingerprint density at radius 2 is 1.86 bits per heavy atom. The highest BCUT2D eigenvalue weighted by molar-refractivity contribution is 7.99. The SMILES string of the molecule is COc1ccc(C(=O)CSc2nc3cc(Cl)ccc3c(=O)n2C(C)C)cc1OC. The maximum absolute atomic E-state index is 12.9. The number of carbonyl (C=O) groups is 1. The summed E-state index contributed by atoms with van der Waals surface area (Å²) in [4.78, 5) is 30.2. The number of ketones is 1. The lowest BCUT2D eigenvalue weighted by atomic mass is 10.1. The van der Waals surface area contributed by atoms with E-state index in [1.54, 1.807) is 41.0 Å². The number of ether oxygens (including phenoxy) is 2. The summed E-state index contributed by atoms with van der Waals surface area (Å²) in [6.07, 6.45) is 0. The minimum atomic E-state index is -0.150. The number of fused-ring (bicyclic) bond motifs is 1. The van der Waals surface area contributed by atoms with Crippen LogP contribution in [0.3, 0.4) is 0 Å². The molecule has 0 N–H and O–H groups in total. The molecule has 0 radical (unpaired) electrons. The van der Waals surface area contributed by atoms with Crippen molar-refractivity contribution in [3.63, 3.8) is 0 Å². The maximum atomic E-state index is 12.9. The van der Waals surface area contributed by atoms with Gasteiger partial charge in [-0.05, 0) is 50.2 Å². The molecule has 0 spiro atoms. The van der Waals surface area contributed by atoms with Gasteiger partial charge in [-0.25, -0.2) is 4.98 Å². The van der Waals surface area contributed by atoms with Crippen LogP contribution in [0.25, 0.3) is 10.9 Å². The summed E-state index contributed by atoms with van der Waals surface area (Å²) in [5, 5.41) is 1.48. The minimum absolute atomic E-state index is 0.103. The van der Waals surface area contributed by atoms with Crippen molar-refractivity contribution in [3.05, 3.63) is 57.3 Å². The van der Waals surface area contributed by atoms with E-state index in [4.69, 9.17) is 21.1 Å². The van der Waals surface area contributed by atoms with E-state index in [0.717, 1.165) is 0 Å². The third-order valence-electron chi connectivity index (χ3n) is 4.39. The molecule has 3 aromatic rings. The summed E-state index contributed by atoms with van der Waals surface area (Å²) in [6.45, 7) is 3.82. The number of hydrogen-bond donors (Lipinski definition) is 0. The molecular formula is C21H21ClN2O4S. The molecule has 0 bridgehead atoms. The molecule has 0 atom stereocenters. The lowest BCUT2D eigenvalue weighted by Gasteiger charge is -2.16. The molecule has 2 aromatic carbocycles. The molecule has 8 heteroatoms. The molecule has 1 heterocycles. The molecule has 0 aliphatic heterocycles. The molecule has 6 nitrogen and oxygen atoms in total. The first-order chi connectivity index (χ1) is 13.8. The molecule has 0 aliphatic rings. The summed E-state index contributed by atoms with van der Waals surface area (Å²) < 4.78 is 12.1. The minimum Gasteiger partial charge on any atom is -0.493 e. The number of rotatable bonds is 7. The molecular weight excluding hydrogens is 412 g/mol. The highest BCUT2D eigenvalue weighted by Crippen LogP contribution is 2.29. The average Bonchev–Trinajstić information content (AvgIpc) is 2.70. The number of methoxy groups -OCH3 is 2. The number of benzene rings is 2. The van der Waals surface area contributed by atoms with E-state index < -0.39 is 0 Å². The van der Waals surface area contributed by atoms with Crippen LogP contribution in [0.1, 0.15) is 30.2 Å². The standard InChI is InChI=1S/C21H21ClN2O4S/c1-12(2)24-20(26)15-7-6-14(22)10-16(15)23-21(24)29-11-17(25)13-5-8-18(27-3)19(9-13)28-4/h5-10,12H,11H2,1-4H3. The Balaban J connectivity index is 1.93. The summed E-state index contributed by atoms with van der Waals surface area (Å²) in [6, 6.07) is 9.92. The van der Waals surface area contributed by atoms with Crippen molar-refractivity contribution in [2.24, 2.45) is 0 Å². The van der Waals surface area contributed by atoms with Gasteiger partial charge < -0.3 is 9.47 Å². The summed E-state index contributed by atoms with van der Waals surface area (Å²) in [5.41, 5.74) is 0.862. The maximum Gasteiger partial charge on any atom is 0.262 e. The van der Waals surface area contributed by atoms with Crippen molar-refractivity contribution in [1.82, 2.24) is 9.55 Å². The van der Waals surface area contributed by atoms with Crippen molar-refractivity contribution in [2.75, 3.05) is 20.0 Å². The van der Waals surface area contributed by atoms with Crippen molar-refractivity contribution in [2.45, 2.75) is 25.0 Å². The highest BCUT2D eigenvalue weighted by atomic mass is 35.5. The van der Waals surface area contributed by atoms with Gasteiger partial charge in [-0.1, -0.05) is 23.4 Å². The largest absolute Gasteiger partial charge is 0.493 e. The topological polar surface area (TPSA) is 70.4 Å². The van der Waals surface area contributed by atoms with Gasteiger partial charge in [0.2, 0.25) is 0 Å². The van der Waals surface area contributed by atoms with Crippen LogP contribution in [-0.4, -0.2) is 35.3 Å². The number of halogens is 1. The normalized spacial score (nSPS) is 11.1. The van der Waals surface area contributed by atoms with Gasteiger partial charge in [-0.15, -0.1) is 0 Å². The predicted molar refractivity (Wildman–Crippen MR) is 116 cm³/mol. The Bertz CT molecular complexity index is 1130. The lowest BCUT2D eigenvalue weighted by Crippen LogP contribution is -2.25. The molecule has 0 saturated heterocycles. The van der Waals surface area contributed by atoms with E-state index in [1.165, 1.54) is 26.0 Å². The van der Waals surface area contributed by atoms with Gasteiger partial charge >= 0.3 is 0 Å². The van der Waals surface area contributed by atoms with Crippen LogP contribution in [0.2, 0.25) is 5.02 Å². The van der Waals surface area contributed by atoms with Crippen LogP contribution in [0.4, 0.5) is 0 Å².